The van der Waals surface area contributed by atoms with Crippen LogP contribution in [0.3, 0.4) is 0 Å². The molecular formula is C14H19NO3. The van der Waals surface area contributed by atoms with Crippen molar-refractivity contribution in [3.8, 4) is 0 Å². The highest BCUT2D eigenvalue weighted by Crippen LogP contribution is 2.31. The zero-order chi connectivity index (χ0) is 13.3. The predicted octanol–water partition coefficient (Wildman–Crippen LogP) is 2.17. The standard InChI is InChI=1S/C14H19NO3/c1-14(2,3)18-13(17)15-12-10-7-5-4-6-9(10)8-11(12)16/h4-7,11-12,16H,8H2,1-3H3,(H,15,17). The number of carbonyl (C=O) groups excluding carboxylic acids is 1. The number of alkyl carbamates (subject to hydrolysis) is 1. The third-order valence-electron chi connectivity index (χ3n) is 2.88. The van der Waals surface area contributed by atoms with Crippen molar-refractivity contribution in [2.24, 2.45) is 0 Å². The lowest BCUT2D eigenvalue weighted by atomic mass is 10.1. The molecule has 1 aromatic carbocycles. The van der Waals surface area contributed by atoms with Crippen molar-refractivity contribution in [2.45, 2.75) is 44.9 Å². The van der Waals surface area contributed by atoms with Crippen molar-refractivity contribution < 1.29 is 14.6 Å². The molecule has 2 N–H and O–H groups in total. The zero-order valence-electron chi connectivity index (χ0n) is 10.9. The number of nitrogens with one attached hydrogen (secondary N) is 1. The second-order valence-corrected chi connectivity index (χ2v) is 5.59. The fourth-order valence-corrected chi connectivity index (χ4v) is 2.18. The van der Waals surface area contributed by atoms with Gasteiger partial charge in [-0.3, -0.25) is 0 Å². The predicted molar refractivity (Wildman–Crippen MR) is 68.3 cm³/mol. The van der Waals surface area contributed by atoms with E-state index in [9.17, 15) is 9.90 Å². The summed E-state index contributed by atoms with van der Waals surface area (Å²) >= 11 is 0. The van der Waals surface area contributed by atoms with Gasteiger partial charge in [-0.15, -0.1) is 0 Å². The number of fused-ring (bicyclic) bond motifs is 1. The maximum atomic E-state index is 11.7. The molecular weight excluding hydrogens is 230 g/mol. The van der Waals surface area contributed by atoms with E-state index in [4.69, 9.17) is 4.74 Å². The summed E-state index contributed by atoms with van der Waals surface area (Å²) in [4.78, 5) is 11.7. The van der Waals surface area contributed by atoms with E-state index in [1.807, 2.05) is 45.0 Å². The largest absolute Gasteiger partial charge is 0.444 e. The molecule has 1 aromatic rings. The van der Waals surface area contributed by atoms with Gasteiger partial charge in [0.25, 0.3) is 0 Å². The van der Waals surface area contributed by atoms with Gasteiger partial charge in [-0.05, 0) is 31.9 Å². The second-order valence-electron chi connectivity index (χ2n) is 5.59. The molecule has 1 amide bonds. The van der Waals surface area contributed by atoms with Gasteiger partial charge in [0.05, 0.1) is 12.1 Å². The highest BCUT2D eigenvalue weighted by molar-refractivity contribution is 5.69. The van der Waals surface area contributed by atoms with Gasteiger partial charge in [0.1, 0.15) is 5.60 Å². The maximum Gasteiger partial charge on any atom is 0.408 e. The average molecular weight is 249 g/mol. The number of rotatable bonds is 1. The van der Waals surface area contributed by atoms with Crippen LogP contribution in [0.25, 0.3) is 0 Å². The summed E-state index contributed by atoms with van der Waals surface area (Å²) in [6.45, 7) is 5.43. The number of amides is 1. The van der Waals surface area contributed by atoms with Crippen LogP contribution in [0, 0.1) is 0 Å². The molecule has 0 fully saturated rings. The lowest BCUT2D eigenvalue weighted by Gasteiger charge is -2.23. The van der Waals surface area contributed by atoms with Gasteiger partial charge in [0.2, 0.25) is 0 Å². The van der Waals surface area contributed by atoms with Crippen LogP contribution in [0.1, 0.15) is 37.9 Å². The minimum absolute atomic E-state index is 0.379. The molecule has 1 aliphatic rings. The molecule has 2 rings (SSSR count). The molecule has 0 radical (unpaired) electrons. The summed E-state index contributed by atoms with van der Waals surface area (Å²) in [5.74, 6) is 0. The quantitative estimate of drug-likeness (QED) is 0.802. The van der Waals surface area contributed by atoms with E-state index in [2.05, 4.69) is 5.32 Å². The van der Waals surface area contributed by atoms with Crippen molar-refractivity contribution in [1.82, 2.24) is 5.32 Å². The Morgan fingerprint density at radius 3 is 2.72 bits per heavy atom. The summed E-state index contributed by atoms with van der Waals surface area (Å²) in [7, 11) is 0. The average Bonchev–Trinajstić information content (AvgIpc) is 2.53. The molecule has 1 aliphatic carbocycles. The fourth-order valence-electron chi connectivity index (χ4n) is 2.18. The minimum Gasteiger partial charge on any atom is -0.444 e. The first-order chi connectivity index (χ1) is 8.37. The molecule has 0 spiro atoms. The van der Waals surface area contributed by atoms with Crippen LogP contribution in [0.2, 0.25) is 0 Å². The number of carbonyl (C=O) groups is 1. The first-order valence-electron chi connectivity index (χ1n) is 6.12. The SMILES string of the molecule is CC(C)(C)OC(=O)NC1c2ccccc2CC1O. The number of benzene rings is 1. The molecule has 2 atom stereocenters. The number of hydrogen-bond acceptors (Lipinski definition) is 3. The van der Waals surface area contributed by atoms with Crippen molar-refractivity contribution in [1.29, 1.82) is 0 Å². The summed E-state index contributed by atoms with van der Waals surface area (Å²) in [6.07, 6.45) is -0.519. The van der Waals surface area contributed by atoms with Gasteiger partial charge in [0, 0.05) is 6.42 Å². The molecule has 0 aliphatic heterocycles. The summed E-state index contributed by atoms with van der Waals surface area (Å²) < 4.78 is 5.20. The Balaban J connectivity index is 2.08. The third-order valence-corrected chi connectivity index (χ3v) is 2.88. The molecule has 2 unspecified atom stereocenters. The minimum atomic E-state index is -0.588. The maximum absolute atomic E-state index is 11.7. The van der Waals surface area contributed by atoms with Gasteiger partial charge < -0.3 is 15.2 Å². The Hall–Kier alpha value is -1.55. The molecule has 98 valence electrons. The smallest absolute Gasteiger partial charge is 0.408 e. The first-order valence-corrected chi connectivity index (χ1v) is 6.12. The van der Waals surface area contributed by atoms with Gasteiger partial charge in [-0.2, -0.15) is 0 Å². The van der Waals surface area contributed by atoms with Gasteiger partial charge in [-0.1, -0.05) is 24.3 Å². The topological polar surface area (TPSA) is 58.6 Å². The van der Waals surface area contributed by atoms with Gasteiger partial charge in [0.15, 0.2) is 0 Å². The number of aliphatic hydroxyl groups is 1. The third kappa shape index (κ3) is 2.82. The van der Waals surface area contributed by atoms with Crippen LogP contribution in [-0.4, -0.2) is 22.9 Å². The number of hydrogen-bond donors (Lipinski definition) is 2. The van der Waals surface area contributed by atoms with Gasteiger partial charge >= 0.3 is 6.09 Å². The Kier molecular flexibility index (Phi) is 3.30. The molecule has 0 saturated heterocycles. The highest BCUT2D eigenvalue weighted by atomic mass is 16.6. The molecule has 0 heterocycles. The van der Waals surface area contributed by atoms with Crippen LogP contribution in [-0.2, 0) is 11.2 Å². The molecule has 0 aromatic heterocycles. The summed E-state index contributed by atoms with van der Waals surface area (Å²) in [5.41, 5.74) is 1.51. The molecule has 4 heteroatoms. The number of aliphatic hydroxyl groups excluding tert-OH is 1. The lowest BCUT2D eigenvalue weighted by Crippen LogP contribution is -2.38. The first kappa shape index (κ1) is 12.9. The van der Waals surface area contributed by atoms with Gasteiger partial charge in [-0.25, -0.2) is 4.79 Å². The lowest BCUT2D eigenvalue weighted by molar-refractivity contribution is 0.0438. The van der Waals surface area contributed by atoms with E-state index in [0.717, 1.165) is 11.1 Å². The Morgan fingerprint density at radius 2 is 2.06 bits per heavy atom. The van der Waals surface area contributed by atoms with E-state index in [1.165, 1.54) is 0 Å². The molecule has 0 saturated carbocycles. The van der Waals surface area contributed by atoms with Crippen molar-refractivity contribution in [3.05, 3.63) is 35.4 Å². The summed E-state index contributed by atoms with van der Waals surface area (Å²) in [5, 5.41) is 12.7. The van der Waals surface area contributed by atoms with Crippen LogP contribution in [0.4, 0.5) is 4.79 Å². The second kappa shape index (κ2) is 4.61. The Bertz CT molecular complexity index is 451. The molecule has 4 nitrogen and oxygen atoms in total. The normalized spacial score (nSPS) is 22.4. The van der Waals surface area contributed by atoms with E-state index in [1.54, 1.807) is 0 Å². The van der Waals surface area contributed by atoms with Crippen LogP contribution in [0.5, 0.6) is 0 Å². The molecule has 0 bridgehead atoms. The zero-order valence-corrected chi connectivity index (χ0v) is 10.9. The van der Waals surface area contributed by atoms with Crippen LogP contribution in [0.15, 0.2) is 24.3 Å². The van der Waals surface area contributed by atoms with Crippen molar-refractivity contribution >= 4 is 6.09 Å². The van der Waals surface area contributed by atoms with E-state index >= 15 is 0 Å². The Morgan fingerprint density at radius 1 is 1.39 bits per heavy atom. The summed E-state index contributed by atoms with van der Waals surface area (Å²) in [6, 6.07) is 7.35. The van der Waals surface area contributed by atoms with E-state index < -0.39 is 17.8 Å². The van der Waals surface area contributed by atoms with E-state index in [-0.39, 0.29) is 6.04 Å². The van der Waals surface area contributed by atoms with Crippen LogP contribution < -0.4 is 5.32 Å². The molecule has 18 heavy (non-hydrogen) atoms. The van der Waals surface area contributed by atoms with Crippen LogP contribution >= 0.6 is 0 Å². The van der Waals surface area contributed by atoms with E-state index in [0.29, 0.717) is 6.42 Å². The van der Waals surface area contributed by atoms with Crippen molar-refractivity contribution in [2.75, 3.05) is 0 Å². The highest BCUT2D eigenvalue weighted by Gasteiger charge is 2.32. The number of ether oxygens (including phenoxy) is 1. The van der Waals surface area contributed by atoms with Crippen molar-refractivity contribution in [3.63, 3.8) is 0 Å². The Labute approximate surface area is 107 Å². The fraction of sp³-hybridized carbons (Fsp3) is 0.500. The monoisotopic (exact) mass is 249 g/mol.